The van der Waals surface area contributed by atoms with E-state index in [1.165, 1.54) is 12.8 Å². The Kier molecular flexibility index (Phi) is 3.88. The van der Waals surface area contributed by atoms with Crippen LogP contribution in [0.5, 0.6) is 0 Å². The summed E-state index contributed by atoms with van der Waals surface area (Å²) in [5.74, 6) is 0.130. The van der Waals surface area contributed by atoms with E-state index in [4.69, 9.17) is 0 Å². The number of pyridine rings is 1. The number of benzene rings is 1. The molecule has 1 aromatic carbocycles. The minimum absolute atomic E-state index is 0.241. The van der Waals surface area contributed by atoms with Crippen molar-refractivity contribution in [3.63, 3.8) is 0 Å². The van der Waals surface area contributed by atoms with E-state index in [0.717, 1.165) is 11.3 Å². The number of rotatable bonds is 5. The zero-order chi connectivity index (χ0) is 14.8. The number of aromatic nitrogens is 1. The first-order valence-corrected chi connectivity index (χ1v) is 7.32. The molecule has 0 radical (unpaired) electrons. The molecule has 1 fully saturated rings. The Balaban J connectivity index is 1.84. The molecule has 1 heterocycles. The van der Waals surface area contributed by atoms with Gasteiger partial charge in [0.2, 0.25) is 0 Å². The van der Waals surface area contributed by atoms with Crippen LogP contribution in [0.15, 0.2) is 36.5 Å². The number of hydrogen-bond acceptors (Lipinski definition) is 3. The van der Waals surface area contributed by atoms with Crippen molar-refractivity contribution >= 4 is 11.5 Å². The zero-order valence-corrected chi connectivity index (χ0v) is 12.4. The Bertz CT molecular complexity index is 638. The van der Waals surface area contributed by atoms with Gasteiger partial charge in [0.1, 0.15) is 0 Å². The number of nitrogens with one attached hydrogen (secondary N) is 1. The summed E-state index contributed by atoms with van der Waals surface area (Å²) in [6.07, 6.45) is 4.07. The maximum atomic E-state index is 14.6. The second-order valence-corrected chi connectivity index (χ2v) is 5.66. The average Bonchev–Trinajstić information content (AvgIpc) is 3.30. The molecule has 1 aliphatic rings. The molecule has 110 valence electrons. The van der Waals surface area contributed by atoms with Gasteiger partial charge in [-0.05, 0) is 43.5 Å². The molecular formula is C17H20FN3. The van der Waals surface area contributed by atoms with Crippen molar-refractivity contribution in [1.82, 2.24) is 10.3 Å². The predicted octanol–water partition coefficient (Wildman–Crippen LogP) is 3.55. The summed E-state index contributed by atoms with van der Waals surface area (Å²) >= 11 is 0. The van der Waals surface area contributed by atoms with E-state index in [-0.39, 0.29) is 5.82 Å². The summed E-state index contributed by atoms with van der Waals surface area (Å²) in [5, 5.41) is 3.34. The minimum atomic E-state index is -0.241. The second-order valence-electron chi connectivity index (χ2n) is 5.66. The summed E-state index contributed by atoms with van der Waals surface area (Å²) in [6, 6.07) is 10.3. The van der Waals surface area contributed by atoms with Crippen LogP contribution in [0.3, 0.4) is 0 Å². The lowest BCUT2D eigenvalue weighted by Crippen LogP contribution is -2.19. The molecule has 0 unspecified atom stereocenters. The van der Waals surface area contributed by atoms with Crippen molar-refractivity contribution in [2.75, 3.05) is 11.9 Å². The van der Waals surface area contributed by atoms with Crippen molar-refractivity contribution in [2.45, 2.75) is 32.4 Å². The van der Waals surface area contributed by atoms with E-state index in [1.807, 2.05) is 38.2 Å². The van der Waals surface area contributed by atoms with Crippen molar-refractivity contribution in [3.8, 4) is 0 Å². The third-order valence-electron chi connectivity index (χ3n) is 3.82. The monoisotopic (exact) mass is 285 g/mol. The maximum Gasteiger partial charge on any atom is 0.170 e. The maximum absolute atomic E-state index is 14.6. The highest BCUT2D eigenvalue weighted by Crippen LogP contribution is 2.27. The summed E-state index contributed by atoms with van der Waals surface area (Å²) < 4.78 is 14.6. The van der Waals surface area contributed by atoms with Gasteiger partial charge in [-0.2, -0.15) is 0 Å². The molecule has 1 aromatic heterocycles. The highest BCUT2D eigenvalue weighted by atomic mass is 19.1. The van der Waals surface area contributed by atoms with Crippen LogP contribution in [0.25, 0.3) is 0 Å². The van der Waals surface area contributed by atoms with Gasteiger partial charge in [-0.3, -0.25) is 0 Å². The van der Waals surface area contributed by atoms with E-state index in [1.54, 1.807) is 17.2 Å². The summed E-state index contributed by atoms with van der Waals surface area (Å²) in [6.45, 7) is 2.59. The Hall–Kier alpha value is -1.94. The van der Waals surface area contributed by atoms with Crippen LogP contribution in [-0.4, -0.2) is 18.1 Å². The summed E-state index contributed by atoms with van der Waals surface area (Å²) in [5.41, 5.74) is 2.76. The highest BCUT2D eigenvalue weighted by Gasteiger charge is 2.21. The topological polar surface area (TPSA) is 28.2 Å². The Morgan fingerprint density at radius 1 is 1.33 bits per heavy atom. The molecule has 0 saturated heterocycles. The lowest BCUT2D eigenvalue weighted by molar-refractivity contribution is 0.582. The fraction of sp³-hybridized carbons (Fsp3) is 0.353. The number of nitrogens with zero attached hydrogens (tertiary/aromatic N) is 2. The van der Waals surface area contributed by atoms with E-state index >= 15 is 0 Å². The Morgan fingerprint density at radius 3 is 2.86 bits per heavy atom. The van der Waals surface area contributed by atoms with Crippen molar-refractivity contribution in [2.24, 2.45) is 0 Å². The lowest BCUT2D eigenvalue weighted by Gasteiger charge is -2.20. The molecule has 0 amide bonds. The number of halogens is 1. The molecule has 0 bridgehead atoms. The van der Waals surface area contributed by atoms with Gasteiger partial charge in [0.15, 0.2) is 11.6 Å². The molecule has 3 nitrogen and oxygen atoms in total. The van der Waals surface area contributed by atoms with Gasteiger partial charge in [-0.1, -0.05) is 12.1 Å². The molecule has 0 spiro atoms. The van der Waals surface area contributed by atoms with Gasteiger partial charge in [0.25, 0.3) is 0 Å². The molecule has 1 saturated carbocycles. The van der Waals surface area contributed by atoms with Crippen molar-refractivity contribution in [3.05, 3.63) is 53.5 Å². The van der Waals surface area contributed by atoms with Crippen LogP contribution in [0, 0.1) is 12.7 Å². The van der Waals surface area contributed by atoms with Crippen molar-refractivity contribution < 1.29 is 4.39 Å². The summed E-state index contributed by atoms with van der Waals surface area (Å²) in [7, 11) is 1.85. The number of aryl methyl sites for hydroxylation is 1. The molecule has 1 aliphatic carbocycles. The van der Waals surface area contributed by atoms with E-state index in [9.17, 15) is 4.39 Å². The normalized spacial score (nSPS) is 14.2. The van der Waals surface area contributed by atoms with Gasteiger partial charge in [-0.15, -0.1) is 0 Å². The van der Waals surface area contributed by atoms with Gasteiger partial charge in [-0.25, -0.2) is 9.37 Å². The third kappa shape index (κ3) is 3.22. The van der Waals surface area contributed by atoms with Crippen LogP contribution in [0.4, 0.5) is 15.9 Å². The van der Waals surface area contributed by atoms with Crippen molar-refractivity contribution in [1.29, 1.82) is 0 Å². The second kappa shape index (κ2) is 5.82. The van der Waals surface area contributed by atoms with Crippen LogP contribution >= 0.6 is 0 Å². The quantitative estimate of drug-likeness (QED) is 0.910. The predicted molar refractivity (Wildman–Crippen MR) is 83.3 cm³/mol. The van der Waals surface area contributed by atoms with Crippen LogP contribution in [0.1, 0.15) is 24.0 Å². The fourth-order valence-electron chi connectivity index (χ4n) is 2.34. The molecule has 0 aliphatic heterocycles. The Morgan fingerprint density at radius 2 is 2.14 bits per heavy atom. The largest absolute Gasteiger partial charge is 0.327 e. The van der Waals surface area contributed by atoms with Gasteiger partial charge in [0, 0.05) is 37.1 Å². The Labute approximate surface area is 124 Å². The number of anilines is 2. The van der Waals surface area contributed by atoms with Crippen LogP contribution in [0.2, 0.25) is 0 Å². The molecular weight excluding hydrogens is 265 g/mol. The molecule has 3 rings (SSSR count). The minimum Gasteiger partial charge on any atom is -0.327 e. The average molecular weight is 285 g/mol. The molecule has 21 heavy (non-hydrogen) atoms. The van der Waals surface area contributed by atoms with Gasteiger partial charge in [0.05, 0.1) is 0 Å². The van der Waals surface area contributed by atoms with Crippen LogP contribution in [-0.2, 0) is 6.54 Å². The highest BCUT2D eigenvalue weighted by molar-refractivity contribution is 5.60. The number of hydrogen-bond donors (Lipinski definition) is 1. The smallest absolute Gasteiger partial charge is 0.170 e. The first-order valence-electron chi connectivity index (χ1n) is 7.32. The molecule has 0 atom stereocenters. The molecule has 2 aromatic rings. The fourth-order valence-corrected chi connectivity index (χ4v) is 2.34. The first-order chi connectivity index (χ1) is 10.1. The lowest BCUT2D eigenvalue weighted by atomic mass is 10.2. The van der Waals surface area contributed by atoms with Gasteiger partial charge < -0.3 is 10.2 Å². The summed E-state index contributed by atoms with van der Waals surface area (Å²) in [4.78, 5) is 6.01. The van der Waals surface area contributed by atoms with Gasteiger partial charge >= 0.3 is 0 Å². The zero-order valence-electron chi connectivity index (χ0n) is 12.4. The van der Waals surface area contributed by atoms with E-state index in [2.05, 4.69) is 10.3 Å². The SMILES string of the molecule is Cc1cccc(N(C)c2nccc(CNC3CC3)c2F)c1. The third-order valence-corrected chi connectivity index (χ3v) is 3.82. The molecule has 1 N–H and O–H groups in total. The van der Waals surface area contributed by atoms with Crippen LogP contribution < -0.4 is 10.2 Å². The van der Waals surface area contributed by atoms with E-state index in [0.29, 0.717) is 24.0 Å². The van der Waals surface area contributed by atoms with E-state index < -0.39 is 0 Å². The standard InChI is InChI=1S/C17H20FN3/c1-12-4-3-5-15(10-12)21(2)17-16(18)13(8-9-19-17)11-20-14-6-7-14/h3-5,8-10,14,20H,6-7,11H2,1-2H3. The first kappa shape index (κ1) is 14.0. The molecule has 4 heteroatoms.